The van der Waals surface area contributed by atoms with Crippen LogP contribution in [0.5, 0.6) is 0 Å². The first-order valence-corrected chi connectivity index (χ1v) is 12.6. The van der Waals surface area contributed by atoms with E-state index in [1.807, 2.05) is 47.4 Å². The molecule has 0 bridgehead atoms. The van der Waals surface area contributed by atoms with E-state index in [4.69, 9.17) is 0 Å². The van der Waals surface area contributed by atoms with Crippen molar-refractivity contribution in [2.24, 2.45) is 0 Å². The van der Waals surface area contributed by atoms with Gasteiger partial charge in [-0.1, -0.05) is 84.9 Å². The Bertz CT molecular complexity index is 1620. The van der Waals surface area contributed by atoms with Crippen molar-refractivity contribution >= 4 is 22.5 Å². The average Bonchev–Trinajstić information content (AvgIpc) is 3.58. The van der Waals surface area contributed by atoms with Crippen LogP contribution in [0, 0.1) is 6.92 Å². The Labute approximate surface area is 210 Å². The summed E-state index contributed by atoms with van der Waals surface area (Å²) in [6.45, 7) is 2.89. The second-order valence-corrected chi connectivity index (χ2v) is 9.89. The molecule has 4 nitrogen and oxygen atoms in total. The molecule has 0 spiro atoms. The van der Waals surface area contributed by atoms with Gasteiger partial charge in [-0.05, 0) is 53.8 Å². The summed E-state index contributed by atoms with van der Waals surface area (Å²) >= 11 is 0. The summed E-state index contributed by atoms with van der Waals surface area (Å²) in [6.07, 6.45) is 0.687. The fraction of sp³-hybridized carbons (Fsp3) is 0.156. The summed E-state index contributed by atoms with van der Waals surface area (Å²) in [5.41, 5.74) is 8.40. The van der Waals surface area contributed by atoms with Gasteiger partial charge in [-0.15, -0.1) is 0 Å². The third-order valence-electron chi connectivity index (χ3n) is 8.14. The largest absolute Gasteiger partial charge is 0.364 e. The van der Waals surface area contributed by atoms with Crippen molar-refractivity contribution in [2.75, 3.05) is 11.9 Å². The number of nitrogens with zero attached hydrogens (tertiary/aromatic N) is 1. The number of rotatable bonds is 3. The molecule has 5 aromatic rings. The van der Waals surface area contributed by atoms with Gasteiger partial charge < -0.3 is 15.2 Å². The van der Waals surface area contributed by atoms with Crippen LogP contribution in [0.15, 0.2) is 103 Å². The molecule has 0 saturated carbocycles. The summed E-state index contributed by atoms with van der Waals surface area (Å²) in [5.74, 6) is 0.0652. The number of aromatic nitrogens is 1. The number of hydrogen-bond acceptors (Lipinski definition) is 2. The minimum Gasteiger partial charge on any atom is -0.364 e. The van der Waals surface area contributed by atoms with Gasteiger partial charge in [-0.3, -0.25) is 4.79 Å². The van der Waals surface area contributed by atoms with E-state index in [0.717, 1.165) is 34.3 Å². The van der Waals surface area contributed by atoms with Gasteiger partial charge in [0.25, 0.3) is 5.91 Å². The van der Waals surface area contributed by atoms with E-state index >= 15 is 0 Å². The number of carbonyl (C=O) groups is 1. The van der Waals surface area contributed by atoms with Crippen LogP contribution < -0.4 is 5.32 Å². The molecule has 1 fully saturated rings. The Morgan fingerprint density at radius 2 is 1.58 bits per heavy atom. The summed E-state index contributed by atoms with van der Waals surface area (Å²) < 4.78 is 0. The predicted molar refractivity (Wildman–Crippen MR) is 145 cm³/mol. The Kier molecular flexibility index (Phi) is 4.58. The van der Waals surface area contributed by atoms with Gasteiger partial charge >= 0.3 is 0 Å². The Morgan fingerprint density at radius 1 is 0.861 bits per heavy atom. The van der Waals surface area contributed by atoms with Gasteiger partial charge in [0.1, 0.15) is 6.17 Å². The highest BCUT2D eigenvalue weighted by molar-refractivity contribution is 6.02. The Morgan fingerprint density at radius 3 is 2.44 bits per heavy atom. The molecule has 1 saturated heterocycles. The molecule has 2 N–H and O–H groups in total. The first kappa shape index (κ1) is 21.0. The lowest BCUT2D eigenvalue weighted by Gasteiger charge is -2.33. The summed E-state index contributed by atoms with van der Waals surface area (Å²) in [4.78, 5) is 20.1. The van der Waals surface area contributed by atoms with E-state index in [0.29, 0.717) is 6.54 Å². The van der Waals surface area contributed by atoms with Gasteiger partial charge in [-0.2, -0.15) is 0 Å². The topological polar surface area (TPSA) is 48.1 Å². The molecule has 1 amide bonds. The fourth-order valence-corrected chi connectivity index (χ4v) is 6.49. The van der Waals surface area contributed by atoms with Crippen LogP contribution in [0.3, 0.4) is 0 Å². The number of carbonyl (C=O) groups excluding carboxylic acids is 1. The highest BCUT2D eigenvalue weighted by Gasteiger charge is 2.57. The van der Waals surface area contributed by atoms with Gasteiger partial charge in [0.05, 0.1) is 5.41 Å². The van der Waals surface area contributed by atoms with Crippen molar-refractivity contribution in [3.63, 3.8) is 0 Å². The van der Waals surface area contributed by atoms with Crippen molar-refractivity contribution < 1.29 is 4.79 Å². The summed E-state index contributed by atoms with van der Waals surface area (Å²) in [7, 11) is 0. The highest BCUT2D eigenvalue weighted by Crippen LogP contribution is 2.54. The number of aromatic amines is 1. The van der Waals surface area contributed by atoms with Crippen molar-refractivity contribution in [2.45, 2.75) is 24.9 Å². The van der Waals surface area contributed by atoms with E-state index in [2.05, 4.69) is 77.9 Å². The van der Waals surface area contributed by atoms with Crippen LogP contribution >= 0.6 is 0 Å². The molecule has 36 heavy (non-hydrogen) atoms. The number of anilines is 1. The number of benzene rings is 4. The number of aryl methyl sites for hydroxylation is 1. The molecule has 0 radical (unpaired) electrons. The molecule has 176 valence electrons. The van der Waals surface area contributed by atoms with Crippen molar-refractivity contribution in [3.8, 4) is 11.1 Å². The molecule has 0 unspecified atom stereocenters. The molecule has 7 rings (SSSR count). The maximum Gasteiger partial charge on any atom is 0.256 e. The number of likely N-dealkylation sites (tertiary alicyclic amines) is 1. The van der Waals surface area contributed by atoms with E-state index in [1.54, 1.807) is 0 Å². The first-order valence-electron chi connectivity index (χ1n) is 12.6. The SMILES string of the molecule is Cc1c([C@]23CCN(C(=O)c4ccccc4-c4ccccc4)[C@H]2Nc2ccccc23)[nH]c2ccccc12. The predicted octanol–water partition coefficient (Wildman–Crippen LogP) is 6.73. The zero-order chi connectivity index (χ0) is 24.3. The second-order valence-electron chi connectivity index (χ2n) is 9.89. The lowest BCUT2D eigenvalue weighted by Crippen LogP contribution is -2.47. The summed E-state index contributed by atoms with van der Waals surface area (Å²) in [5, 5.41) is 4.99. The van der Waals surface area contributed by atoms with Crippen molar-refractivity contribution in [1.29, 1.82) is 0 Å². The molecule has 2 aliphatic rings. The van der Waals surface area contributed by atoms with Gasteiger partial charge in [0, 0.05) is 34.4 Å². The first-order chi connectivity index (χ1) is 17.7. The molecule has 1 aromatic heterocycles. The molecule has 4 heteroatoms. The monoisotopic (exact) mass is 469 g/mol. The smallest absolute Gasteiger partial charge is 0.256 e. The second kappa shape index (κ2) is 7.85. The number of H-pyrrole nitrogens is 1. The number of hydrogen-bond donors (Lipinski definition) is 2. The van der Waals surface area contributed by atoms with Crippen LogP contribution in [0.25, 0.3) is 22.0 Å². The average molecular weight is 470 g/mol. The molecule has 0 aliphatic carbocycles. The highest BCUT2D eigenvalue weighted by atomic mass is 16.2. The molecule has 2 aliphatic heterocycles. The number of amides is 1. The minimum atomic E-state index is -0.336. The van der Waals surface area contributed by atoms with E-state index in [-0.39, 0.29) is 17.5 Å². The molecule has 4 aromatic carbocycles. The lowest BCUT2D eigenvalue weighted by molar-refractivity contribution is 0.0741. The van der Waals surface area contributed by atoms with Crippen LogP contribution in [0.1, 0.15) is 33.6 Å². The minimum absolute atomic E-state index is 0.0652. The Balaban J connectivity index is 1.37. The third-order valence-corrected chi connectivity index (χ3v) is 8.14. The normalized spacial score (nSPS) is 20.2. The zero-order valence-electron chi connectivity index (χ0n) is 20.2. The van der Waals surface area contributed by atoms with Crippen molar-refractivity contribution in [1.82, 2.24) is 9.88 Å². The molecular formula is C32H27N3O. The fourth-order valence-electron chi connectivity index (χ4n) is 6.49. The third kappa shape index (κ3) is 2.84. The quantitative estimate of drug-likeness (QED) is 0.308. The van der Waals surface area contributed by atoms with E-state index in [9.17, 15) is 4.79 Å². The van der Waals surface area contributed by atoms with E-state index in [1.165, 1.54) is 22.2 Å². The van der Waals surface area contributed by atoms with Gasteiger partial charge in [0.2, 0.25) is 0 Å². The van der Waals surface area contributed by atoms with Crippen LogP contribution in [-0.4, -0.2) is 28.5 Å². The molecule has 3 heterocycles. The summed E-state index contributed by atoms with van der Waals surface area (Å²) in [6, 6.07) is 35.2. The zero-order valence-corrected chi connectivity index (χ0v) is 20.2. The van der Waals surface area contributed by atoms with Gasteiger partial charge in [0.15, 0.2) is 0 Å². The van der Waals surface area contributed by atoms with Crippen LogP contribution in [0.2, 0.25) is 0 Å². The molecule has 2 atom stereocenters. The standard InChI is InChI=1S/C32H27N3O/c1-21-23-13-7-9-17-27(23)33-29(21)32-19-20-35(31(32)34-28-18-10-8-16-26(28)32)30(36)25-15-6-5-14-24(25)22-11-3-2-4-12-22/h2-18,31,33-34H,19-20H2,1H3/t31-,32-/m1/s1. The number of fused-ring (bicyclic) bond motifs is 4. The van der Waals surface area contributed by atoms with E-state index < -0.39 is 0 Å². The van der Waals surface area contributed by atoms with Gasteiger partial charge in [-0.25, -0.2) is 0 Å². The number of para-hydroxylation sites is 2. The maximum atomic E-state index is 14.2. The molecular weight excluding hydrogens is 442 g/mol. The number of nitrogens with one attached hydrogen (secondary N) is 2. The Hall–Kier alpha value is -4.31. The van der Waals surface area contributed by atoms with Crippen LogP contribution in [-0.2, 0) is 5.41 Å². The van der Waals surface area contributed by atoms with Crippen molar-refractivity contribution in [3.05, 3.63) is 126 Å². The maximum absolute atomic E-state index is 14.2. The van der Waals surface area contributed by atoms with Crippen LogP contribution in [0.4, 0.5) is 5.69 Å². The lowest BCUT2D eigenvalue weighted by atomic mass is 9.75.